The van der Waals surface area contributed by atoms with E-state index in [2.05, 4.69) is 58.5 Å². The zero-order chi connectivity index (χ0) is 18.7. The summed E-state index contributed by atoms with van der Waals surface area (Å²) in [7, 11) is -3.11. The molecular weight excluding hydrogens is 336 g/mol. The molecule has 7 heteroatoms. The highest BCUT2D eigenvalue weighted by molar-refractivity contribution is 7.89. The zero-order valence-corrected chi connectivity index (χ0v) is 16.6. The summed E-state index contributed by atoms with van der Waals surface area (Å²) >= 11 is 0. The molecule has 1 aromatic rings. The fraction of sp³-hybridized carbons (Fsp3) is 0.611. The lowest BCUT2D eigenvalue weighted by Crippen LogP contribution is -2.39. The largest absolute Gasteiger partial charge is 0.357 e. The number of aliphatic imine (C=N–C) groups is 1. The van der Waals surface area contributed by atoms with Crippen molar-refractivity contribution in [2.24, 2.45) is 4.99 Å². The molecule has 0 aromatic heterocycles. The molecule has 0 aliphatic carbocycles. The third-order valence-corrected chi connectivity index (χ3v) is 5.27. The van der Waals surface area contributed by atoms with Gasteiger partial charge in [-0.2, -0.15) is 0 Å². The first-order valence-corrected chi connectivity index (χ1v) is 10.6. The van der Waals surface area contributed by atoms with Crippen LogP contribution in [0.15, 0.2) is 29.3 Å². The van der Waals surface area contributed by atoms with E-state index in [9.17, 15) is 8.42 Å². The third-order valence-electron chi connectivity index (χ3n) is 3.86. The topological polar surface area (TPSA) is 82.6 Å². The molecule has 0 aliphatic rings. The van der Waals surface area contributed by atoms with Crippen molar-refractivity contribution >= 4 is 16.0 Å². The summed E-state index contributed by atoms with van der Waals surface area (Å²) in [6.07, 6.45) is 0.706. The number of guanidine groups is 1. The Kier molecular flexibility index (Phi) is 9.52. The number of hydrogen-bond donors (Lipinski definition) is 3. The van der Waals surface area contributed by atoms with E-state index in [-0.39, 0.29) is 5.75 Å². The molecule has 0 bridgehead atoms. The second kappa shape index (κ2) is 11.1. The maximum atomic E-state index is 11.4. The van der Waals surface area contributed by atoms with Crippen molar-refractivity contribution in [3.63, 3.8) is 0 Å². The first-order valence-electron chi connectivity index (χ1n) is 8.94. The van der Waals surface area contributed by atoms with E-state index in [4.69, 9.17) is 0 Å². The van der Waals surface area contributed by atoms with Gasteiger partial charge in [-0.3, -0.25) is 4.99 Å². The summed E-state index contributed by atoms with van der Waals surface area (Å²) in [5.74, 6) is 1.22. The van der Waals surface area contributed by atoms with Crippen molar-refractivity contribution in [2.75, 3.05) is 31.9 Å². The molecular formula is C18H32N4O2S. The summed E-state index contributed by atoms with van der Waals surface area (Å²) < 4.78 is 25.3. The average molecular weight is 369 g/mol. The van der Waals surface area contributed by atoms with Crippen molar-refractivity contribution in [1.29, 1.82) is 0 Å². The SMILES string of the molecule is CCNC(=NCC(C)c1ccc(C)cc1)NCCCNS(=O)(=O)CC. The minimum absolute atomic E-state index is 0.113. The first-order chi connectivity index (χ1) is 11.9. The Hall–Kier alpha value is -1.60. The Morgan fingerprint density at radius 2 is 1.80 bits per heavy atom. The smallest absolute Gasteiger partial charge is 0.211 e. The first kappa shape index (κ1) is 21.4. The molecule has 1 atom stereocenters. The van der Waals surface area contributed by atoms with Gasteiger partial charge in [0, 0.05) is 32.1 Å². The van der Waals surface area contributed by atoms with Gasteiger partial charge in [0.2, 0.25) is 10.0 Å². The van der Waals surface area contributed by atoms with Crippen LogP contribution in [0, 0.1) is 6.92 Å². The van der Waals surface area contributed by atoms with Crippen LogP contribution in [0.25, 0.3) is 0 Å². The van der Waals surface area contributed by atoms with Gasteiger partial charge in [0.05, 0.1) is 5.75 Å². The molecule has 3 N–H and O–H groups in total. The van der Waals surface area contributed by atoms with Crippen molar-refractivity contribution in [3.8, 4) is 0 Å². The van der Waals surface area contributed by atoms with Crippen LogP contribution in [0.3, 0.4) is 0 Å². The Balaban J connectivity index is 2.44. The fourth-order valence-electron chi connectivity index (χ4n) is 2.20. The van der Waals surface area contributed by atoms with Crippen LogP contribution in [0.5, 0.6) is 0 Å². The minimum Gasteiger partial charge on any atom is -0.357 e. The van der Waals surface area contributed by atoms with Crippen molar-refractivity contribution in [1.82, 2.24) is 15.4 Å². The molecule has 6 nitrogen and oxygen atoms in total. The molecule has 1 unspecified atom stereocenters. The van der Waals surface area contributed by atoms with Gasteiger partial charge in [-0.25, -0.2) is 13.1 Å². The summed E-state index contributed by atoms with van der Waals surface area (Å²) in [6, 6.07) is 8.54. The lowest BCUT2D eigenvalue weighted by Gasteiger charge is -2.14. The van der Waals surface area contributed by atoms with Gasteiger partial charge in [0.1, 0.15) is 0 Å². The Morgan fingerprint density at radius 1 is 1.12 bits per heavy atom. The monoisotopic (exact) mass is 368 g/mol. The van der Waals surface area contributed by atoms with Gasteiger partial charge in [-0.15, -0.1) is 0 Å². The quantitative estimate of drug-likeness (QED) is 0.335. The van der Waals surface area contributed by atoms with Gasteiger partial charge < -0.3 is 10.6 Å². The Morgan fingerprint density at radius 3 is 2.40 bits per heavy atom. The fourth-order valence-corrected chi connectivity index (χ4v) is 2.85. The lowest BCUT2D eigenvalue weighted by molar-refractivity contribution is 0.579. The molecule has 0 amide bonds. The Labute approximate surface area is 152 Å². The molecule has 1 aromatic carbocycles. The van der Waals surface area contributed by atoms with Crippen LogP contribution in [-0.4, -0.2) is 46.3 Å². The summed E-state index contributed by atoms with van der Waals surface area (Å²) in [5, 5.41) is 6.46. The number of sulfonamides is 1. The predicted molar refractivity (Wildman–Crippen MR) is 106 cm³/mol. The molecule has 0 saturated carbocycles. The highest BCUT2D eigenvalue weighted by atomic mass is 32.2. The average Bonchev–Trinajstić information content (AvgIpc) is 2.59. The van der Waals surface area contributed by atoms with E-state index in [1.165, 1.54) is 11.1 Å². The Bertz CT molecular complexity index is 627. The van der Waals surface area contributed by atoms with E-state index in [0.29, 0.717) is 32.0 Å². The van der Waals surface area contributed by atoms with Crippen LogP contribution in [-0.2, 0) is 10.0 Å². The second-order valence-electron chi connectivity index (χ2n) is 6.11. The molecule has 142 valence electrons. The summed E-state index contributed by atoms with van der Waals surface area (Å²) in [5.41, 5.74) is 2.53. The van der Waals surface area contributed by atoms with E-state index in [0.717, 1.165) is 12.5 Å². The maximum absolute atomic E-state index is 11.4. The maximum Gasteiger partial charge on any atom is 0.211 e. The van der Waals surface area contributed by atoms with E-state index >= 15 is 0 Å². The summed E-state index contributed by atoms with van der Waals surface area (Å²) in [4.78, 5) is 4.63. The predicted octanol–water partition coefficient (Wildman–Crippen LogP) is 1.98. The third kappa shape index (κ3) is 8.88. The van der Waals surface area contributed by atoms with Crippen LogP contribution in [0.1, 0.15) is 44.2 Å². The van der Waals surface area contributed by atoms with Crippen LogP contribution < -0.4 is 15.4 Å². The number of benzene rings is 1. The van der Waals surface area contributed by atoms with Crippen molar-refractivity contribution in [3.05, 3.63) is 35.4 Å². The number of rotatable bonds is 10. The minimum atomic E-state index is -3.11. The van der Waals surface area contributed by atoms with Gasteiger partial charge in [0.25, 0.3) is 0 Å². The molecule has 0 radical (unpaired) electrons. The molecule has 0 fully saturated rings. The van der Waals surface area contributed by atoms with Crippen molar-refractivity contribution < 1.29 is 8.42 Å². The van der Waals surface area contributed by atoms with Gasteiger partial charge in [-0.1, -0.05) is 36.8 Å². The molecule has 0 aliphatic heterocycles. The van der Waals surface area contributed by atoms with Crippen LogP contribution >= 0.6 is 0 Å². The van der Waals surface area contributed by atoms with Gasteiger partial charge in [-0.05, 0) is 32.8 Å². The van der Waals surface area contributed by atoms with E-state index in [1.807, 2.05) is 6.92 Å². The highest BCUT2D eigenvalue weighted by Gasteiger charge is 2.06. The molecule has 25 heavy (non-hydrogen) atoms. The van der Waals surface area contributed by atoms with Gasteiger partial charge >= 0.3 is 0 Å². The van der Waals surface area contributed by atoms with E-state index < -0.39 is 10.0 Å². The molecule has 1 rings (SSSR count). The number of hydrogen-bond acceptors (Lipinski definition) is 3. The number of aryl methyl sites for hydroxylation is 1. The van der Waals surface area contributed by atoms with E-state index in [1.54, 1.807) is 6.92 Å². The second-order valence-corrected chi connectivity index (χ2v) is 8.20. The normalized spacial score (nSPS) is 13.5. The van der Waals surface area contributed by atoms with Gasteiger partial charge in [0.15, 0.2) is 5.96 Å². The van der Waals surface area contributed by atoms with Crippen LogP contribution in [0.4, 0.5) is 0 Å². The zero-order valence-electron chi connectivity index (χ0n) is 15.8. The highest BCUT2D eigenvalue weighted by Crippen LogP contribution is 2.15. The standard InChI is InChI=1S/C18H32N4O2S/c1-5-19-18(20-12-7-13-22-25(23,24)6-2)21-14-16(4)17-10-8-15(3)9-11-17/h8-11,16,22H,5-7,12-14H2,1-4H3,(H2,19,20,21). The number of nitrogens with one attached hydrogen (secondary N) is 3. The molecule has 0 saturated heterocycles. The summed E-state index contributed by atoms with van der Waals surface area (Å²) in [6.45, 7) is 10.5. The lowest BCUT2D eigenvalue weighted by atomic mass is 10.0. The van der Waals surface area contributed by atoms with Crippen molar-refractivity contribution in [2.45, 2.75) is 40.0 Å². The number of nitrogens with zero attached hydrogens (tertiary/aromatic N) is 1. The molecule has 0 spiro atoms. The molecule has 0 heterocycles. The van der Waals surface area contributed by atoms with Crippen LogP contribution in [0.2, 0.25) is 0 Å².